The van der Waals surface area contributed by atoms with Crippen LogP contribution in [-0.4, -0.2) is 32.4 Å². The maximum atomic E-state index is 11.6. The van der Waals surface area contributed by atoms with Crippen molar-refractivity contribution in [3.63, 3.8) is 0 Å². The van der Waals surface area contributed by atoms with Gasteiger partial charge in [-0.05, 0) is 37.0 Å². The molecule has 0 saturated carbocycles. The zero-order chi connectivity index (χ0) is 13.5. The van der Waals surface area contributed by atoms with Crippen molar-refractivity contribution in [3.05, 3.63) is 29.8 Å². The normalized spacial score (nSPS) is 18.3. The van der Waals surface area contributed by atoms with Gasteiger partial charge in [0.25, 0.3) is 0 Å². The Morgan fingerprint density at radius 1 is 1.47 bits per heavy atom. The first kappa shape index (κ1) is 13.9. The van der Waals surface area contributed by atoms with E-state index in [2.05, 4.69) is 0 Å². The molecule has 1 aromatic rings. The number of hydrogen-bond acceptors (Lipinski definition) is 4. The van der Waals surface area contributed by atoms with E-state index in [0.29, 0.717) is 19.4 Å². The van der Waals surface area contributed by atoms with Crippen molar-refractivity contribution in [1.29, 1.82) is 0 Å². The van der Waals surface area contributed by atoms with E-state index < -0.39 is 0 Å². The Hall–Kier alpha value is -1.55. The molecule has 0 bridgehead atoms. The Kier molecular flexibility index (Phi) is 5.21. The lowest BCUT2D eigenvalue weighted by Gasteiger charge is -2.10. The van der Waals surface area contributed by atoms with Crippen LogP contribution in [0.4, 0.5) is 0 Å². The fourth-order valence-corrected chi connectivity index (χ4v) is 2.11. The molecule has 0 amide bonds. The van der Waals surface area contributed by atoms with Gasteiger partial charge >= 0.3 is 5.97 Å². The predicted molar refractivity (Wildman–Crippen MR) is 71.2 cm³/mol. The summed E-state index contributed by atoms with van der Waals surface area (Å²) in [5.74, 6) is 0.642. The topological polar surface area (TPSA) is 44.8 Å². The van der Waals surface area contributed by atoms with Crippen LogP contribution < -0.4 is 4.74 Å². The molecule has 4 heteroatoms. The molecular formula is C15H20O4. The molecule has 1 atom stereocenters. The molecule has 0 aliphatic carbocycles. The third-order valence-corrected chi connectivity index (χ3v) is 3.21. The third kappa shape index (κ3) is 4.56. The molecule has 2 rings (SSSR count). The van der Waals surface area contributed by atoms with Crippen LogP contribution >= 0.6 is 0 Å². The smallest absolute Gasteiger partial charge is 0.306 e. The van der Waals surface area contributed by atoms with Crippen molar-refractivity contribution >= 4 is 5.97 Å². The molecule has 1 heterocycles. The van der Waals surface area contributed by atoms with Crippen LogP contribution in [0.25, 0.3) is 0 Å². The van der Waals surface area contributed by atoms with Crippen LogP contribution in [0, 0.1) is 0 Å². The summed E-state index contributed by atoms with van der Waals surface area (Å²) in [6.07, 6.45) is 3.21. The minimum Gasteiger partial charge on any atom is -0.497 e. The van der Waals surface area contributed by atoms with Gasteiger partial charge in [0.05, 0.1) is 13.2 Å². The van der Waals surface area contributed by atoms with E-state index in [1.54, 1.807) is 7.11 Å². The highest BCUT2D eigenvalue weighted by Gasteiger charge is 2.17. The fraction of sp³-hybridized carbons (Fsp3) is 0.533. The van der Waals surface area contributed by atoms with Crippen molar-refractivity contribution in [2.75, 3.05) is 20.3 Å². The molecule has 1 aliphatic heterocycles. The highest BCUT2D eigenvalue weighted by atomic mass is 16.6. The van der Waals surface area contributed by atoms with Crippen LogP contribution in [0.2, 0.25) is 0 Å². The number of aryl methyl sites for hydroxylation is 1. The van der Waals surface area contributed by atoms with Gasteiger partial charge in [-0.25, -0.2) is 0 Å². The second-order valence-electron chi connectivity index (χ2n) is 4.67. The SMILES string of the molecule is COc1cccc(CCC(=O)OCC2CCCO2)c1. The summed E-state index contributed by atoms with van der Waals surface area (Å²) >= 11 is 0. The van der Waals surface area contributed by atoms with Crippen molar-refractivity contribution in [2.45, 2.75) is 31.8 Å². The molecule has 1 fully saturated rings. The molecule has 104 valence electrons. The van der Waals surface area contributed by atoms with Crippen LogP contribution in [0.5, 0.6) is 5.75 Å². The Labute approximate surface area is 113 Å². The van der Waals surface area contributed by atoms with Gasteiger partial charge in [0, 0.05) is 13.0 Å². The predicted octanol–water partition coefficient (Wildman–Crippen LogP) is 2.35. The molecule has 19 heavy (non-hydrogen) atoms. The standard InChI is InChI=1S/C15H20O4/c1-17-13-5-2-4-12(10-13)7-8-15(16)19-11-14-6-3-9-18-14/h2,4-5,10,14H,3,6-9,11H2,1H3. The van der Waals surface area contributed by atoms with Crippen molar-refractivity contribution in [1.82, 2.24) is 0 Å². The summed E-state index contributed by atoms with van der Waals surface area (Å²) in [6.45, 7) is 1.17. The monoisotopic (exact) mass is 264 g/mol. The number of carbonyl (C=O) groups is 1. The van der Waals surface area contributed by atoms with E-state index in [4.69, 9.17) is 14.2 Å². The second-order valence-corrected chi connectivity index (χ2v) is 4.67. The van der Waals surface area contributed by atoms with E-state index >= 15 is 0 Å². The van der Waals surface area contributed by atoms with Crippen molar-refractivity contribution in [2.24, 2.45) is 0 Å². The number of carbonyl (C=O) groups excluding carboxylic acids is 1. The van der Waals surface area contributed by atoms with E-state index in [1.165, 1.54) is 0 Å². The van der Waals surface area contributed by atoms with Crippen LogP contribution in [0.15, 0.2) is 24.3 Å². The minimum absolute atomic E-state index is 0.0979. The Balaban J connectivity index is 1.70. The van der Waals surface area contributed by atoms with E-state index in [-0.39, 0.29) is 12.1 Å². The maximum Gasteiger partial charge on any atom is 0.306 e. The van der Waals surface area contributed by atoms with Gasteiger partial charge < -0.3 is 14.2 Å². The van der Waals surface area contributed by atoms with Gasteiger partial charge in [-0.2, -0.15) is 0 Å². The van der Waals surface area contributed by atoms with Gasteiger partial charge in [-0.15, -0.1) is 0 Å². The minimum atomic E-state index is -0.168. The zero-order valence-corrected chi connectivity index (χ0v) is 11.3. The number of esters is 1. The molecule has 1 aliphatic rings. The fourth-order valence-electron chi connectivity index (χ4n) is 2.11. The highest BCUT2D eigenvalue weighted by Crippen LogP contribution is 2.15. The summed E-state index contributed by atoms with van der Waals surface area (Å²) in [4.78, 5) is 11.6. The summed E-state index contributed by atoms with van der Waals surface area (Å²) in [6, 6.07) is 7.73. The maximum absolute atomic E-state index is 11.6. The molecule has 1 saturated heterocycles. The zero-order valence-electron chi connectivity index (χ0n) is 11.3. The molecule has 0 aromatic heterocycles. The van der Waals surface area contributed by atoms with E-state index in [0.717, 1.165) is 30.8 Å². The number of benzene rings is 1. The van der Waals surface area contributed by atoms with Crippen LogP contribution in [0.1, 0.15) is 24.8 Å². The first-order valence-corrected chi connectivity index (χ1v) is 6.68. The molecule has 1 unspecified atom stereocenters. The van der Waals surface area contributed by atoms with Gasteiger partial charge in [-0.3, -0.25) is 4.79 Å². The molecule has 0 N–H and O–H groups in total. The summed E-state index contributed by atoms with van der Waals surface area (Å²) < 4.78 is 15.8. The lowest BCUT2D eigenvalue weighted by Crippen LogP contribution is -2.18. The summed E-state index contributed by atoms with van der Waals surface area (Å²) in [5, 5.41) is 0. The molecule has 1 aromatic carbocycles. The average molecular weight is 264 g/mol. The number of ether oxygens (including phenoxy) is 3. The van der Waals surface area contributed by atoms with Gasteiger partial charge in [0.15, 0.2) is 0 Å². The Bertz CT molecular complexity index is 410. The Morgan fingerprint density at radius 3 is 3.11 bits per heavy atom. The first-order valence-electron chi connectivity index (χ1n) is 6.68. The molecule has 0 radical (unpaired) electrons. The molecule has 0 spiro atoms. The average Bonchev–Trinajstić information content (AvgIpc) is 2.96. The van der Waals surface area contributed by atoms with Crippen LogP contribution in [-0.2, 0) is 20.7 Å². The van der Waals surface area contributed by atoms with Crippen molar-refractivity contribution in [3.8, 4) is 5.75 Å². The van der Waals surface area contributed by atoms with Gasteiger partial charge in [-0.1, -0.05) is 12.1 Å². The number of hydrogen-bond donors (Lipinski definition) is 0. The lowest BCUT2D eigenvalue weighted by atomic mass is 10.1. The van der Waals surface area contributed by atoms with E-state index in [9.17, 15) is 4.79 Å². The first-order chi connectivity index (χ1) is 9.28. The van der Waals surface area contributed by atoms with Crippen LogP contribution in [0.3, 0.4) is 0 Å². The largest absolute Gasteiger partial charge is 0.497 e. The summed E-state index contributed by atoms with van der Waals surface area (Å²) in [7, 11) is 1.63. The van der Waals surface area contributed by atoms with Crippen molar-refractivity contribution < 1.29 is 19.0 Å². The molecular weight excluding hydrogens is 244 g/mol. The highest BCUT2D eigenvalue weighted by molar-refractivity contribution is 5.69. The third-order valence-electron chi connectivity index (χ3n) is 3.21. The lowest BCUT2D eigenvalue weighted by molar-refractivity contribution is -0.146. The quantitative estimate of drug-likeness (QED) is 0.740. The van der Waals surface area contributed by atoms with Gasteiger partial charge in [0.1, 0.15) is 12.4 Å². The Morgan fingerprint density at radius 2 is 2.37 bits per heavy atom. The second kappa shape index (κ2) is 7.14. The molecule has 4 nitrogen and oxygen atoms in total. The number of methoxy groups -OCH3 is 1. The number of rotatable bonds is 6. The van der Waals surface area contributed by atoms with E-state index in [1.807, 2.05) is 24.3 Å². The summed E-state index contributed by atoms with van der Waals surface area (Å²) in [5.41, 5.74) is 1.08. The van der Waals surface area contributed by atoms with Gasteiger partial charge in [0.2, 0.25) is 0 Å².